The van der Waals surface area contributed by atoms with Crippen molar-refractivity contribution in [2.24, 2.45) is 5.92 Å². The van der Waals surface area contributed by atoms with Crippen LogP contribution in [-0.4, -0.2) is 95.5 Å². The van der Waals surface area contributed by atoms with E-state index in [0.717, 1.165) is 86.7 Å². The zero-order valence-corrected chi connectivity index (χ0v) is 33.5. The second kappa shape index (κ2) is 18.0. The lowest BCUT2D eigenvalue weighted by molar-refractivity contribution is -0.136. The van der Waals surface area contributed by atoms with Crippen molar-refractivity contribution in [1.29, 1.82) is 0 Å². The molecular formula is C48H55N5O5. The van der Waals surface area contributed by atoms with Crippen molar-refractivity contribution >= 4 is 34.6 Å². The number of amides is 3. The van der Waals surface area contributed by atoms with E-state index in [1.807, 2.05) is 36.4 Å². The van der Waals surface area contributed by atoms with Gasteiger partial charge in [-0.15, -0.1) is 0 Å². The van der Waals surface area contributed by atoms with Crippen molar-refractivity contribution in [2.75, 3.05) is 51.2 Å². The van der Waals surface area contributed by atoms with Gasteiger partial charge in [0.2, 0.25) is 11.8 Å². The monoisotopic (exact) mass is 781 g/mol. The first-order chi connectivity index (χ1) is 28.3. The summed E-state index contributed by atoms with van der Waals surface area (Å²) in [4.78, 5) is 44.3. The number of imide groups is 1. The number of fused-ring (bicyclic) bond motifs is 1. The molecule has 0 spiro atoms. The van der Waals surface area contributed by atoms with Crippen LogP contribution in [0.15, 0.2) is 97.1 Å². The molecule has 10 heteroatoms. The van der Waals surface area contributed by atoms with E-state index >= 15 is 0 Å². The summed E-state index contributed by atoms with van der Waals surface area (Å²) >= 11 is 0. The van der Waals surface area contributed by atoms with Crippen molar-refractivity contribution in [3.63, 3.8) is 0 Å². The van der Waals surface area contributed by atoms with Gasteiger partial charge in [-0.1, -0.05) is 67.6 Å². The number of allylic oxidation sites excluding steroid dienone is 1. The molecule has 8 rings (SSSR count). The fourth-order valence-electron chi connectivity index (χ4n) is 9.28. The molecule has 0 saturated carbocycles. The van der Waals surface area contributed by atoms with Gasteiger partial charge in [0.1, 0.15) is 24.1 Å². The van der Waals surface area contributed by atoms with E-state index in [1.165, 1.54) is 29.6 Å². The molecule has 0 aliphatic carbocycles. The molecule has 3 N–H and O–H groups in total. The number of rotatable bonds is 13. The van der Waals surface area contributed by atoms with Gasteiger partial charge < -0.3 is 25.0 Å². The van der Waals surface area contributed by atoms with Gasteiger partial charge in [0.05, 0.1) is 0 Å². The van der Waals surface area contributed by atoms with E-state index < -0.39 is 6.04 Å². The molecule has 4 aromatic carbocycles. The van der Waals surface area contributed by atoms with Gasteiger partial charge in [0.15, 0.2) is 0 Å². The lowest BCUT2D eigenvalue weighted by Gasteiger charge is -2.38. The van der Waals surface area contributed by atoms with E-state index in [-0.39, 0.29) is 29.9 Å². The van der Waals surface area contributed by atoms with Crippen molar-refractivity contribution < 1.29 is 24.2 Å². The summed E-state index contributed by atoms with van der Waals surface area (Å²) in [6.45, 7) is 9.59. The zero-order valence-electron chi connectivity index (χ0n) is 33.5. The smallest absolute Gasteiger partial charge is 0.255 e. The van der Waals surface area contributed by atoms with E-state index in [4.69, 9.17) is 4.74 Å². The number of likely N-dealkylation sites (tertiary alicyclic amines) is 2. The molecule has 1 unspecified atom stereocenters. The third kappa shape index (κ3) is 8.98. The van der Waals surface area contributed by atoms with Crippen LogP contribution in [0.25, 0.3) is 11.1 Å². The molecule has 4 aliphatic rings. The maximum atomic E-state index is 13.3. The number of ether oxygens (including phenoxy) is 1. The molecule has 0 bridgehead atoms. The van der Waals surface area contributed by atoms with E-state index in [2.05, 4.69) is 75.9 Å². The lowest BCUT2D eigenvalue weighted by Crippen LogP contribution is -2.52. The molecule has 4 aliphatic heterocycles. The van der Waals surface area contributed by atoms with E-state index in [1.54, 1.807) is 17.0 Å². The fourth-order valence-corrected chi connectivity index (χ4v) is 9.28. The van der Waals surface area contributed by atoms with Crippen LogP contribution in [0.2, 0.25) is 0 Å². The summed E-state index contributed by atoms with van der Waals surface area (Å²) in [5.74, 6) is 1.06. The summed E-state index contributed by atoms with van der Waals surface area (Å²) < 4.78 is 6.26. The molecule has 0 radical (unpaired) electrons. The molecular weight excluding hydrogens is 727 g/mol. The first-order valence-electron chi connectivity index (χ1n) is 21.1. The highest BCUT2D eigenvalue weighted by atomic mass is 16.5. The first-order valence-corrected chi connectivity index (χ1v) is 21.1. The van der Waals surface area contributed by atoms with E-state index in [0.29, 0.717) is 37.1 Å². The number of nitrogens with zero attached hydrogens (tertiary/aromatic N) is 3. The topological polar surface area (TPSA) is 114 Å². The van der Waals surface area contributed by atoms with Crippen LogP contribution in [0.5, 0.6) is 11.5 Å². The normalized spacial score (nSPS) is 20.1. The van der Waals surface area contributed by atoms with E-state index in [9.17, 15) is 19.5 Å². The van der Waals surface area contributed by atoms with Crippen LogP contribution < -0.4 is 15.4 Å². The van der Waals surface area contributed by atoms with Crippen LogP contribution in [0.1, 0.15) is 84.5 Å². The van der Waals surface area contributed by atoms with Crippen LogP contribution >= 0.6 is 0 Å². The number of benzene rings is 4. The molecule has 10 nitrogen and oxygen atoms in total. The van der Waals surface area contributed by atoms with Crippen LogP contribution in [0.4, 0.5) is 5.69 Å². The van der Waals surface area contributed by atoms with Gasteiger partial charge in [0.25, 0.3) is 5.91 Å². The molecule has 302 valence electrons. The Bertz CT molecular complexity index is 2100. The molecule has 3 saturated heterocycles. The Morgan fingerprint density at radius 2 is 1.47 bits per heavy atom. The van der Waals surface area contributed by atoms with Crippen LogP contribution in [0, 0.1) is 5.92 Å². The minimum atomic E-state index is -0.603. The summed E-state index contributed by atoms with van der Waals surface area (Å²) in [6, 6.07) is 32.0. The number of carbonyl (C=O) groups is 3. The Kier molecular flexibility index (Phi) is 12.2. The Hall–Kier alpha value is -5.45. The van der Waals surface area contributed by atoms with Crippen molar-refractivity contribution in [3.05, 3.63) is 125 Å². The van der Waals surface area contributed by atoms with Gasteiger partial charge in [-0.2, -0.15) is 0 Å². The number of nitrogens with one attached hydrogen (secondary N) is 2. The fraction of sp³-hybridized carbons (Fsp3) is 0.396. The number of carbonyl (C=O) groups excluding carboxylic acids is 3. The van der Waals surface area contributed by atoms with Crippen molar-refractivity contribution in [1.82, 2.24) is 20.0 Å². The first kappa shape index (κ1) is 39.4. The number of phenols is 1. The Morgan fingerprint density at radius 1 is 0.776 bits per heavy atom. The Morgan fingerprint density at radius 3 is 2.16 bits per heavy atom. The minimum Gasteiger partial charge on any atom is -0.508 e. The second-order valence-corrected chi connectivity index (χ2v) is 16.2. The molecule has 3 amide bonds. The highest BCUT2D eigenvalue weighted by Gasteiger charge is 2.40. The minimum absolute atomic E-state index is 0.133. The lowest BCUT2D eigenvalue weighted by atomic mass is 9.88. The quantitative estimate of drug-likeness (QED) is 0.0966. The van der Waals surface area contributed by atoms with Crippen molar-refractivity contribution in [3.8, 4) is 11.5 Å². The van der Waals surface area contributed by atoms with Gasteiger partial charge in [-0.25, -0.2) is 0 Å². The van der Waals surface area contributed by atoms with Gasteiger partial charge in [0, 0.05) is 62.0 Å². The number of anilines is 1. The number of phenolic OH excluding ortho intramolecular Hbond substituents is 1. The average molecular weight is 782 g/mol. The largest absolute Gasteiger partial charge is 0.508 e. The van der Waals surface area contributed by atoms with Crippen LogP contribution in [-0.2, 0) is 16.1 Å². The summed E-state index contributed by atoms with van der Waals surface area (Å²) in [5, 5.41) is 16.1. The number of hydrogen-bond acceptors (Lipinski definition) is 8. The summed E-state index contributed by atoms with van der Waals surface area (Å²) in [6.07, 6.45) is 6.01. The molecule has 1 atom stereocenters. The highest BCUT2D eigenvalue weighted by Crippen LogP contribution is 2.36. The molecule has 0 aromatic heterocycles. The van der Waals surface area contributed by atoms with Crippen molar-refractivity contribution in [2.45, 2.75) is 70.5 Å². The number of hydrogen-bond donors (Lipinski definition) is 3. The predicted octanol–water partition coefficient (Wildman–Crippen LogP) is 7.19. The number of aromatic hydroxyl groups is 1. The third-order valence-electron chi connectivity index (χ3n) is 12.5. The standard InChI is InChI=1S/C48H55N5O5/c1-2-40(34-7-4-3-5-8-34)46(35-11-15-38(54)16-12-35)36-13-17-39(18-14-36)58-30-29-51-25-21-33(22-26-51)31-52-27-23-37(24-28-52)49-43-10-6-9-41-42(43)32-53(48(41)57)44-19-20-45(55)50-47(44)56/h3-18,33,37,44,49,54H,2,19-32H2,1H3,(H,50,55,56). The Labute approximate surface area is 341 Å². The van der Waals surface area contributed by atoms with Crippen LogP contribution in [0.3, 0.4) is 0 Å². The average Bonchev–Trinajstić information content (AvgIpc) is 3.58. The third-order valence-corrected chi connectivity index (χ3v) is 12.5. The molecule has 4 aromatic rings. The Balaban J connectivity index is 0.774. The van der Waals surface area contributed by atoms with Gasteiger partial charge >= 0.3 is 0 Å². The molecule has 4 heterocycles. The predicted molar refractivity (Wildman–Crippen MR) is 227 cm³/mol. The molecule has 3 fully saturated rings. The summed E-state index contributed by atoms with van der Waals surface area (Å²) in [7, 11) is 0. The summed E-state index contributed by atoms with van der Waals surface area (Å²) in [5.41, 5.74) is 8.41. The van der Waals surface area contributed by atoms with Gasteiger partial charge in [-0.3, -0.25) is 24.6 Å². The zero-order chi connectivity index (χ0) is 40.0. The SMILES string of the molecule is CCC(=C(c1ccc(O)cc1)c1ccc(OCCN2CCC(CN3CCC(Nc4cccc5c4CN(C4CCC(=O)NC4=O)C5=O)CC3)CC2)cc1)c1ccccc1. The molecule has 58 heavy (non-hydrogen) atoms. The maximum Gasteiger partial charge on any atom is 0.255 e. The highest BCUT2D eigenvalue weighted by molar-refractivity contribution is 6.06. The van der Waals surface area contributed by atoms with Gasteiger partial charge in [-0.05, 0) is 122 Å². The second-order valence-electron chi connectivity index (χ2n) is 16.2. The number of piperidine rings is 3. The maximum absolute atomic E-state index is 13.3.